The van der Waals surface area contributed by atoms with Crippen molar-refractivity contribution in [3.63, 3.8) is 0 Å². The number of Topliss-reactive ketones (excluding diaryl/α,β-unsaturated/α-hetero) is 1. The van der Waals surface area contributed by atoms with E-state index in [1.807, 2.05) is 0 Å². The largest absolute Gasteiger partial charge is 0.461 e. The molecule has 0 aliphatic heterocycles. The van der Waals surface area contributed by atoms with Crippen molar-refractivity contribution >= 4 is 11.8 Å². The van der Waals surface area contributed by atoms with Gasteiger partial charge in [0.15, 0.2) is 5.60 Å². The predicted molar refractivity (Wildman–Crippen MR) is 68.2 cm³/mol. The van der Waals surface area contributed by atoms with Crippen LogP contribution in [0.4, 0.5) is 17.6 Å². The Labute approximate surface area is 124 Å². The first kappa shape index (κ1) is 17.9. The highest BCUT2D eigenvalue weighted by Crippen LogP contribution is 2.28. The number of hydrogen-bond donors (Lipinski definition) is 0. The zero-order valence-corrected chi connectivity index (χ0v) is 12.0. The van der Waals surface area contributed by atoms with Crippen LogP contribution in [-0.2, 0) is 9.53 Å². The molecule has 0 aromatic heterocycles. The quantitative estimate of drug-likeness (QED) is 0.457. The molecule has 0 unspecified atom stereocenters. The van der Waals surface area contributed by atoms with Crippen LogP contribution in [0.25, 0.3) is 0 Å². The molecule has 0 N–H and O–H groups in total. The van der Waals surface area contributed by atoms with Crippen LogP contribution in [0, 0.1) is 0 Å². The molecule has 0 saturated carbocycles. The van der Waals surface area contributed by atoms with Crippen LogP contribution in [0.2, 0.25) is 0 Å². The third-order valence-electron chi connectivity index (χ3n) is 2.57. The molecule has 0 radical (unpaired) electrons. The van der Waals surface area contributed by atoms with Crippen molar-refractivity contribution < 1.29 is 36.6 Å². The number of ketones is 1. The highest BCUT2D eigenvalue weighted by molar-refractivity contribution is 6.02. The Morgan fingerprint density at radius 2 is 1.59 bits per heavy atom. The third kappa shape index (κ3) is 4.44. The fourth-order valence-electron chi connectivity index (χ4n) is 1.63. The number of carbonyl (C=O) groups excluding carboxylic acids is 2. The van der Waals surface area contributed by atoms with E-state index in [9.17, 15) is 27.2 Å². The molecular formula is C14H14F4O4. The molecule has 8 heteroatoms. The Kier molecular flexibility index (Phi) is 5.16. The van der Waals surface area contributed by atoms with E-state index in [4.69, 9.17) is 4.74 Å². The zero-order valence-electron chi connectivity index (χ0n) is 12.0. The summed E-state index contributed by atoms with van der Waals surface area (Å²) in [6.07, 6.45) is -8.60. The highest BCUT2D eigenvalue weighted by atomic mass is 19.3. The van der Waals surface area contributed by atoms with Gasteiger partial charge in [0.05, 0.1) is 0 Å². The van der Waals surface area contributed by atoms with Gasteiger partial charge in [-0.2, -0.15) is 17.6 Å². The van der Waals surface area contributed by atoms with Crippen LogP contribution in [-0.4, -0.2) is 29.9 Å². The molecule has 0 atom stereocenters. The van der Waals surface area contributed by atoms with Gasteiger partial charge in [0.2, 0.25) is 5.78 Å². The monoisotopic (exact) mass is 322 g/mol. The first-order valence-corrected chi connectivity index (χ1v) is 6.15. The Morgan fingerprint density at radius 3 is 2.00 bits per heavy atom. The molecule has 0 fully saturated rings. The van der Waals surface area contributed by atoms with E-state index in [2.05, 4.69) is 4.74 Å². The normalized spacial score (nSPS) is 12.2. The number of carbonyl (C=O) groups is 2. The molecule has 0 bridgehead atoms. The van der Waals surface area contributed by atoms with Crippen LogP contribution >= 0.6 is 0 Å². The van der Waals surface area contributed by atoms with Crippen LogP contribution in [0.15, 0.2) is 24.3 Å². The van der Waals surface area contributed by atoms with Crippen LogP contribution < -0.4 is 4.74 Å². The lowest BCUT2D eigenvalue weighted by molar-refractivity contribution is -0.253. The van der Waals surface area contributed by atoms with Crippen molar-refractivity contribution in [1.82, 2.24) is 0 Å². The smallest absolute Gasteiger partial charge is 0.451 e. The van der Waals surface area contributed by atoms with Gasteiger partial charge >= 0.3 is 18.5 Å². The van der Waals surface area contributed by atoms with Gasteiger partial charge in [-0.05, 0) is 38.1 Å². The minimum Gasteiger partial charge on any atom is -0.451 e. The minimum atomic E-state index is -4.62. The van der Waals surface area contributed by atoms with Gasteiger partial charge in [0.25, 0.3) is 0 Å². The topological polar surface area (TPSA) is 52.6 Å². The lowest BCUT2D eigenvalue weighted by Gasteiger charge is -2.23. The van der Waals surface area contributed by atoms with Crippen LogP contribution in [0.1, 0.15) is 31.1 Å². The van der Waals surface area contributed by atoms with E-state index in [1.165, 1.54) is 13.8 Å². The highest BCUT2D eigenvalue weighted by Gasteiger charge is 2.44. The van der Waals surface area contributed by atoms with Crippen molar-refractivity contribution in [1.29, 1.82) is 0 Å². The standard InChI is InChI=1S/C14H14F4O4/c1-8(19)21-13(2,3)11(20)9-4-6-10(7-5-9)22-14(17,18)12(15)16/h4-7,12H,1-3H3. The van der Waals surface area contributed by atoms with Gasteiger partial charge in [0.1, 0.15) is 5.75 Å². The van der Waals surface area contributed by atoms with Gasteiger partial charge in [-0.15, -0.1) is 0 Å². The summed E-state index contributed by atoms with van der Waals surface area (Å²) in [4.78, 5) is 23.0. The van der Waals surface area contributed by atoms with Crippen molar-refractivity contribution in [3.8, 4) is 5.75 Å². The maximum Gasteiger partial charge on any atom is 0.461 e. The summed E-state index contributed by atoms with van der Waals surface area (Å²) in [6.45, 7) is 3.87. The number of hydrogen-bond acceptors (Lipinski definition) is 4. The van der Waals surface area contributed by atoms with E-state index in [1.54, 1.807) is 0 Å². The second kappa shape index (κ2) is 6.33. The Hall–Kier alpha value is -2.12. The zero-order chi connectivity index (χ0) is 17.1. The molecule has 0 aliphatic rings. The van der Waals surface area contributed by atoms with Crippen molar-refractivity contribution in [2.75, 3.05) is 0 Å². The third-order valence-corrected chi connectivity index (χ3v) is 2.57. The summed E-state index contributed by atoms with van der Waals surface area (Å²) >= 11 is 0. The molecule has 1 aromatic rings. The molecule has 1 rings (SSSR count). The maximum atomic E-state index is 12.7. The number of halogens is 4. The number of ether oxygens (including phenoxy) is 2. The SMILES string of the molecule is CC(=O)OC(C)(C)C(=O)c1ccc(OC(F)(F)C(F)F)cc1. The van der Waals surface area contributed by atoms with Gasteiger partial charge in [-0.25, -0.2) is 0 Å². The summed E-state index contributed by atoms with van der Waals surface area (Å²) in [5, 5.41) is 0. The first-order valence-electron chi connectivity index (χ1n) is 6.15. The Morgan fingerprint density at radius 1 is 1.09 bits per heavy atom. The van der Waals surface area contributed by atoms with E-state index in [0.717, 1.165) is 31.2 Å². The molecule has 1 aromatic carbocycles. The summed E-state index contributed by atoms with van der Waals surface area (Å²) in [5.74, 6) is -1.75. The number of esters is 1. The maximum absolute atomic E-state index is 12.7. The number of benzene rings is 1. The molecule has 0 heterocycles. The van der Waals surface area contributed by atoms with Crippen molar-refractivity contribution in [3.05, 3.63) is 29.8 Å². The van der Waals surface area contributed by atoms with E-state index in [0.29, 0.717) is 0 Å². The lowest BCUT2D eigenvalue weighted by atomic mass is 9.96. The van der Waals surface area contributed by atoms with Crippen molar-refractivity contribution in [2.24, 2.45) is 0 Å². The van der Waals surface area contributed by atoms with Gasteiger partial charge in [-0.1, -0.05) is 0 Å². The summed E-state index contributed by atoms with van der Waals surface area (Å²) in [7, 11) is 0. The van der Waals surface area contributed by atoms with Gasteiger partial charge in [-0.3, -0.25) is 9.59 Å². The molecule has 4 nitrogen and oxygen atoms in total. The summed E-state index contributed by atoms with van der Waals surface area (Å²) in [6, 6.07) is 4.13. The lowest BCUT2D eigenvalue weighted by Crippen LogP contribution is -2.36. The predicted octanol–water partition coefficient (Wildman–Crippen LogP) is 3.45. The molecule has 122 valence electrons. The second-order valence-corrected chi connectivity index (χ2v) is 4.92. The molecule has 0 spiro atoms. The average molecular weight is 322 g/mol. The van der Waals surface area contributed by atoms with Crippen LogP contribution in [0.3, 0.4) is 0 Å². The fourth-order valence-corrected chi connectivity index (χ4v) is 1.63. The molecule has 22 heavy (non-hydrogen) atoms. The molecule has 0 saturated heterocycles. The minimum absolute atomic E-state index is 0.0546. The Balaban J connectivity index is 2.89. The van der Waals surface area contributed by atoms with Crippen molar-refractivity contribution in [2.45, 2.75) is 38.9 Å². The number of rotatable bonds is 6. The van der Waals surface area contributed by atoms with Gasteiger partial charge in [0, 0.05) is 12.5 Å². The van der Waals surface area contributed by atoms with E-state index >= 15 is 0 Å². The molecule has 0 amide bonds. The first-order chi connectivity index (χ1) is 9.95. The summed E-state index contributed by atoms with van der Waals surface area (Å²) in [5.41, 5.74) is -1.39. The van der Waals surface area contributed by atoms with E-state index in [-0.39, 0.29) is 5.56 Å². The average Bonchev–Trinajstić information content (AvgIpc) is 2.36. The molecular weight excluding hydrogens is 308 g/mol. The van der Waals surface area contributed by atoms with Gasteiger partial charge < -0.3 is 9.47 Å². The fraction of sp³-hybridized carbons (Fsp3) is 0.429. The Bertz CT molecular complexity index is 552. The number of alkyl halides is 4. The second-order valence-electron chi connectivity index (χ2n) is 4.92. The van der Waals surface area contributed by atoms with E-state index < -0.39 is 35.6 Å². The molecule has 0 aliphatic carbocycles. The van der Waals surface area contributed by atoms with Crippen LogP contribution in [0.5, 0.6) is 5.75 Å². The summed E-state index contributed by atoms with van der Waals surface area (Å²) < 4.78 is 58.2.